The minimum absolute atomic E-state index is 0.252. The Hall–Kier alpha value is -0.571. The number of halogens is 1. The van der Waals surface area contributed by atoms with E-state index in [0.29, 0.717) is 0 Å². The maximum absolute atomic E-state index is 5.61. The Bertz CT molecular complexity index is 408. The molecule has 0 atom stereocenters. The fraction of sp³-hybridized carbons (Fsp3) is 0. The number of nitrogen functional groups attached to an aromatic ring is 1. The first-order valence-corrected chi connectivity index (χ1v) is 6.36. The van der Waals surface area contributed by atoms with Gasteiger partial charge >= 0.3 is 90.8 Å². The van der Waals surface area contributed by atoms with E-state index < -0.39 is 0 Å². The van der Waals surface area contributed by atoms with E-state index in [-0.39, 0.29) is 14.5 Å². The van der Waals surface area contributed by atoms with Gasteiger partial charge in [-0.2, -0.15) is 0 Å². The van der Waals surface area contributed by atoms with Crippen molar-refractivity contribution in [3.05, 3.63) is 33.7 Å². The first-order valence-electron chi connectivity index (χ1n) is 3.72. The van der Waals surface area contributed by atoms with E-state index in [1.807, 2.05) is 24.3 Å². The Labute approximate surface area is 90.7 Å². The fourth-order valence-corrected chi connectivity index (χ4v) is 2.51. The van der Waals surface area contributed by atoms with E-state index in [0.717, 1.165) is 20.4 Å². The molecule has 1 aromatic heterocycles. The summed E-state index contributed by atoms with van der Waals surface area (Å²) in [4.78, 5) is 6.36. The van der Waals surface area contributed by atoms with Crippen LogP contribution in [0.4, 0.5) is 4.69 Å². The predicted octanol–water partition coefficient (Wildman–Crippen LogP) is 2.15. The van der Waals surface area contributed by atoms with E-state index in [9.17, 15) is 0 Å². The van der Waals surface area contributed by atoms with Crippen molar-refractivity contribution >= 4 is 35.1 Å². The molecule has 0 saturated carbocycles. The fourth-order valence-electron chi connectivity index (χ4n) is 1.04. The van der Waals surface area contributed by atoms with Gasteiger partial charge in [-0.1, -0.05) is 0 Å². The Morgan fingerprint density at radius 3 is 2.46 bits per heavy atom. The van der Waals surface area contributed by atoms with Crippen molar-refractivity contribution in [2.75, 3.05) is 5.73 Å². The summed E-state index contributed by atoms with van der Waals surface area (Å²) in [6.45, 7) is 0. The van der Waals surface area contributed by atoms with Crippen molar-refractivity contribution in [2.24, 2.45) is 0 Å². The number of hydrogen-bond acceptors (Lipinski definition) is 2. The normalized spacial score (nSPS) is 10.2. The monoisotopic (exact) mass is 302 g/mol. The third-order valence-corrected chi connectivity index (χ3v) is 3.60. The van der Waals surface area contributed by atoms with E-state index >= 15 is 0 Å². The molecule has 1 heterocycles. The van der Waals surface area contributed by atoms with Gasteiger partial charge in [0.15, 0.2) is 0 Å². The number of nitrogens with zero attached hydrogens (tertiary/aromatic N) is 1. The molecule has 0 aliphatic heterocycles. The van der Waals surface area contributed by atoms with Crippen LogP contribution >= 0.6 is 15.9 Å². The maximum atomic E-state index is 5.61. The molecule has 0 spiro atoms. The van der Waals surface area contributed by atoms with Crippen LogP contribution in [0.1, 0.15) is 0 Å². The van der Waals surface area contributed by atoms with Crippen molar-refractivity contribution in [3.8, 4) is 11.3 Å². The molecular formula is C9H7BrN2Se. The van der Waals surface area contributed by atoms with E-state index in [1.54, 1.807) is 0 Å². The van der Waals surface area contributed by atoms with Gasteiger partial charge in [-0.05, 0) is 0 Å². The molecule has 2 rings (SSSR count). The summed E-state index contributed by atoms with van der Waals surface area (Å²) in [5.41, 5.74) is 7.74. The van der Waals surface area contributed by atoms with E-state index in [2.05, 4.69) is 25.9 Å². The van der Waals surface area contributed by atoms with Crippen molar-refractivity contribution in [1.29, 1.82) is 0 Å². The van der Waals surface area contributed by atoms with Crippen LogP contribution in [-0.2, 0) is 0 Å². The first kappa shape index (κ1) is 9.00. The molecule has 4 heteroatoms. The summed E-state index contributed by atoms with van der Waals surface area (Å²) in [5.74, 6) is 0. The summed E-state index contributed by atoms with van der Waals surface area (Å²) in [6, 6.07) is 8.09. The van der Waals surface area contributed by atoms with Crippen LogP contribution in [0.2, 0.25) is 0 Å². The average Bonchev–Trinajstić information content (AvgIpc) is 2.53. The topological polar surface area (TPSA) is 38.9 Å². The van der Waals surface area contributed by atoms with Crippen molar-refractivity contribution < 1.29 is 0 Å². The quantitative estimate of drug-likeness (QED) is 0.820. The number of anilines is 1. The molecule has 0 aliphatic rings. The zero-order chi connectivity index (χ0) is 9.26. The van der Waals surface area contributed by atoms with Gasteiger partial charge in [-0.25, -0.2) is 0 Å². The van der Waals surface area contributed by atoms with Gasteiger partial charge in [-0.15, -0.1) is 0 Å². The summed E-state index contributed by atoms with van der Waals surface area (Å²) in [5, 5.41) is 0. The summed E-state index contributed by atoms with van der Waals surface area (Å²) >= 11 is 3.64. The number of hydrogen-bond donors (Lipinski definition) is 1. The SMILES string of the molecule is Nc1nc(-c2ccc(Br)cc2)c[se]1. The molecule has 2 nitrogen and oxygen atoms in total. The van der Waals surface area contributed by atoms with Crippen molar-refractivity contribution in [2.45, 2.75) is 0 Å². The Kier molecular flexibility index (Phi) is 2.53. The van der Waals surface area contributed by atoms with E-state index in [1.165, 1.54) is 0 Å². The number of aromatic nitrogens is 1. The first-order chi connectivity index (χ1) is 6.25. The zero-order valence-corrected chi connectivity index (χ0v) is 10.00. The van der Waals surface area contributed by atoms with Crippen LogP contribution in [0.5, 0.6) is 0 Å². The molecule has 13 heavy (non-hydrogen) atoms. The molecule has 2 aromatic rings. The summed E-state index contributed by atoms with van der Waals surface area (Å²) in [6.07, 6.45) is 0. The second-order valence-corrected chi connectivity index (χ2v) is 5.36. The van der Waals surface area contributed by atoms with Gasteiger partial charge in [0.05, 0.1) is 0 Å². The molecule has 0 unspecified atom stereocenters. The van der Waals surface area contributed by atoms with Crippen molar-refractivity contribution in [3.63, 3.8) is 0 Å². The molecular weight excluding hydrogens is 295 g/mol. The van der Waals surface area contributed by atoms with Crippen LogP contribution < -0.4 is 5.73 Å². The van der Waals surface area contributed by atoms with Crippen molar-refractivity contribution in [1.82, 2.24) is 4.98 Å². The predicted molar refractivity (Wildman–Crippen MR) is 58.7 cm³/mol. The molecule has 1 aromatic carbocycles. The molecule has 66 valence electrons. The van der Waals surface area contributed by atoms with Gasteiger partial charge in [0.1, 0.15) is 0 Å². The number of nitrogens with two attached hydrogens (primary N) is 1. The molecule has 2 N–H and O–H groups in total. The standard InChI is InChI=1S/C9H7BrN2Se/c10-7-3-1-6(2-4-7)8-5-13-9(11)12-8/h1-5H,(H2,11,12). The Balaban J connectivity index is 2.41. The summed E-state index contributed by atoms with van der Waals surface area (Å²) < 4.78 is 1.84. The van der Waals surface area contributed by atoms with Crippen LogP contribution in [-0.4, -0.2) is 19.5 Å². The average molecular weight is 302 g/mol. The molecule has 0 bridgehead atoms. The molecule has 0 aliphatic carbocycles. The van der Waals surface area contributed by atoms with Crippen LogP contribution in [0.15, 0.2) is 33.7 Å². The Morgan fingerprint density at radius 2 is 1.92 bits per heavy atom. The third-order valence-electron chi connectivity index (χ3n) is 1.66. The second-order valence-electron chi connectivity index (χ2n) is 2.58. The molecule has 0 saturated heterocycles. The molecule has 0 fully saturated rings. The van der Waals surface area contributed by atoms with Crippen LogP contribution in [0.3, 0.4) is 0 Å². The van der Waals surface area contributed by atoms with Gasteiger partial charge in [0.2, 0.25) is 0 Å². The minimum atomic E-state index is 0.252. The number of benzene rings is 1. The van der Waals surface area contributed by atoms with Gasteiger partial charge in [-0.3, -0.25) is 0 Å². The number of rotatable bonds is 1. The van der Waals surface area contributed by atoms with Crippen LogP contribution in [0.25, 0.3) is 11.3 Å². The summed E-state index contributed by atoms with van der Waals surface area (Å²) in [7, 11) is 0. The Morgan fingerprint density at radius 1 is 1.23 bits per heavy atom. The van der Waals surface area contributed by atoms with Crippen LogP contribution in [0, 0.1) is 0 Å². The van der Waals surface area contributed by atoms with Gasteiger partial charge < -0.3 is 0 Å². The molecule has 0 amide bonds. The second kappa shape index (κ2) is 3.66. The van der Waals surface area contributed by atoms with Gasteiger partial charge in [0, 0.05) is 0 Å². The molecule has 0 radical (unpaired) electrons. The van der Waals surface area contributed by atoms with E-state index in [4.69, 9.17) is 5.73 Å². The van der Waals surface area contributed by atoms with Gasteiger partial charge in [0.25, 0.3) is 0 Å². The zero-order valence-electron chi connectivity index (χ0n) is 6.70. The third kappa shape index (κ3) is 2.02.